The molecule has 0 aliphatic carbocycles. The molecular weight excluding hydrogens is 194 g/mol. The van der Waals surface area contributed by atoms with Crippen LogP contribution in [-0.2, 0) is 0 Å². The Morgan fingerprint density at radius 1 is 1.29 bits per heavy atom. The SMILES string of the molecule is CC1CCN(c2cccc(Cl)c2)CC1. The topological polar surface area (TPSA) is 3.24 Å². The Balaban J connectivity index is 2.08. The lowest BCUT2D eigenvalue weighted by Crippen LogP contribution is -2.32. The molecule has 1 aliphatic rings. The largest absolute Gasteiger partial charge is 0.371 e. The molecule has 14 heavy (non-hydrogen) atoms. The normalized spacial score (nSPS) is 18.6. The van der Waals surface area contributed by atoms with E-state index in [9.17, 15) is 0 Å². The summed E-state index contributed by atoms with van der Waals surface area (Å²) < 4.78 is 0. The van der Waals surface area contributed by atoms with E-state index in [0.29, 0.717) is 0 Å². The predicted molar refractivity (Wildman–Crippen MR) is 62.1 cm³/mol. The summed E-state index contributed by atoms with van der Waals surface area (Å²) in [7, 11) is 0. The molecule has 1 fully saturated rings. The molecule has 0 unspecified atom stereocenters. The van der Waals surface area contributed by atoms with Crippen LogP contribution in [0.4, 0.5) is 5.69 Å². The summed E-state index contributed by atoms with van der Waals surface area (Å²) in [6, 6.07) is 8.15. The van der Waals surface area contributed by atoms with Crippen molar-refractivity contribution < 1.29 is 0 Å². The summed E-state index contributed by atoms with van der Waals surface area (Å²) in [5.41, 5.74) is 1.27. The van der Waals surface area contributed by atoms with Crippen molar-refractivity contribution in [3.05, 3.63) is 29.3 Å². The first-order valence-corrected chi connectivity index (χ1v) is 5.64. The molecule has 2 rings (SSSR count). The lowest BCUT2D eigenvalue weighted by molar-refractivity contribution is 0.438. The molecule has 1 saturated heterocycles. The molecule has 1 nitrogen and oxygen atoms in total. The van der Waals surface area contributed by atoms with Gasteiger partial charge in [0.1, 0.15) is 0 Å². The van der Waals surface area contributed by atoms with Gasteiger partial charge in [0.2, 0.25) is 0 Å². The van der Waals surface area contributed by atoms with Crippen LogP contribution in [0.2, 0.25) is 5.02 Å². The lowest BCUT2D eigenvalue weighted by atomic mass is 9.99. The molecule has 0 atom stereocenters. The molecule has 1 aliphatic heterocycles. The molecular formula is C12H16ClN. The third kappa shape index (κ3) is 2.21. The Labute approximate surface area is 90.7 Å². The van der Waals surface area contributed by atoms with Gasteiger partial charge in [0, 0.05) is 23.8 Å². The third-order valence-electron chi connectivity index (χ3n) is 2.96. The van der Waals surface area contributed by atoms with Gasteiger partial charge >= 0.3 is 0 Å². The average molecular weight is 210 g/mol. The first kappa shape index (κ1) is 9.85. The van der Waals surface area contributed by atoms with Gasteiger partial charge in [0.25, 0.3) is 0 Å². The van der Waals surface area contributed by atoms with Crippen molar-refractivity contribution in [2.45, 2.75) is 19.8 Å². The lowest BCUT2D eigenvalue weighted by Gasteiger charge is -2.32. The quantitative estimate of drug-likeness (QED) is 0.684. The van der Waals surface area contributed by atoms with Crippen LogP contribution in [0.15, 0.2) is 24.3 Å². The molecule has 0 saturated carbocycles. The number of halogens is 1. The van der Waals surface area contributed by atoms with Gasteiger partial charge in [-0.25, -0.2) is 0 Å². The van der Waals surface area contributed by atoms with E-state index in [2.05, 4.69) is 24.0 Å². The Bertz CT molecular complexity index is 303. The van der Waals surface area contributed by atoms with Crippen LogP contribution in [0.1, 0.15) is 19.8 Å². The van der Waals surface area contributed by atoms with Crippen LogP contribution in [0.5, 0.6) is 0 Å². The van der Waals surface area contributed by atoms with Gasteiger partial charge in [-0.05, 0) is 37.0 Å². The van der Waals surface area contributed by atoms with E-state index in [1.54, 1.807) is 0 Å². The Morgan fingerprint density at radius 3 is 2.64 bits per heavy atom. The Morgan fingerprint density at radius 2 is 2.00 bits per heavy atom. The van der Waals surface area contributed by atoms with E-state index in [4.69, 9.17) is 11.6 Å². The summed E-state index contributed by atoms with van der Waals surface area (Å²) >= 11 is 5.97. The highest BCUT2D eigenvalue weighted by molar-refractivity contribution is 6.30. The highest BCUT2D eigenvalue weighted by Gasteiger charge is 2.15. The maximum Gasteiger partial charge on any atom is 0.0426 e. The van der Waals surface area contributed by atoms with Crippen LogP contribution >= 0.6 is 11.6 Å². The second kappa shape index (κ2) is 4.22. The predicted octanol–water partition coefficient (Wildman–Crippen LogP) is 3.58. The van der Waals surface area contributed by atoms with Gasteiger partial charge in [-0.3, -0.25) is 0 Å². The van der Waals surface area contributed by atoms with Gasteiger partial charge in [-0.2, -0.15) is 0 Å². The first-order valence-electron chi connectivity index (χ1n) is 5.26. The summed E-state index contributed by atoms with van der Waals surface area (Å²) in [6.07, 6.45) is 2.60. The molecule has 0 radical (unpaired) electrons. The van der Waals surface area contributed by atoms with Crippen molar-refractivity contribution >= 4 is 17.3 Å². The molecule has 2 heteroatoms. The van der Waals surface area contributed by atoms with E-state index in [-0.39, 0.29) is 0 Å². The minimum absolute atomic E-state index is 0.834. The minimum Gasteiger partial charge on any atom is -0.371 e. The van der Waals surface area contributed by atoms with Gasteiger partial charge in [-0.15, -0.1) is 0 Å². The van der Waals surface area contributed by atoms with Gasteiger partial charge in [-0.1, -0.05) is 24.6 Å². The smallest absolute Gasteiger partial charge is 0.0426 e. The molecule has 0 bridgehead atoms. The highest BCUT2D eigenvalue weighted by atomic mass is 35.5. The number of hydrogen-bond acceptors (Lipinski definition) is 1. The maximum atomic E-state index is 5.97. The molecule has 0 amide bonds. The molecule has 0 N–H and O–H groups in total. The summed E-state index contributed by atoms with van der Waals surface area (Å²) in [4.78, 5) is 2.42. The van der Waals surface area contributed by atoms with Crippen LogP contribution in [0.25, 0.3) is 0 Å². The molecule has 1 heterocycles. The van der Waals surface area contributed by atoms with Crippen LogP contribution in [-0.4, -0.2) is 13.1 Å². The molecule has 1 aromatic rings. The summed E-state index contributed by atoms with van der Waals surface area (Å²) in [5.74, 6) is 0.880. The van der Waals surface area contributed by atoms with Crippen molar-refractivity contribution in [2.75, 3.05) is 18.0 Å². The molecule has 76 valence electrons. The minimum atomic E-state index is 0.834. The Kier molecular flexibility index (Phi) is 2.97. The molecule has 0 aromatic heterocycles. The Hall–Kier alpha value is -0.690. The zero-order chi connectivity index (χ0) is 9.97. The number of hydrogen-bond donors (Lipinski definition) is 0. The van der Waals surface area contributed by atoms with E-state index >= 15 is 0 Å². The maximum absolute atomic E-state index is 5.97. The van der Waals surface area contributed by atoms with Crippen LogP contribution < -0.4 is 4.90 Å². The van der Waals surface area contributed by atoms with Gasteiger partial charge in [0.05, 0.1) is 0 Å². The number of benzene rings is 1. The van der Waals surface area contributed by atoms with E-state index < -0.39 is 0 Å². The fourth-order valence-electron chi connectivity index (χ4n) is 1.94. The van der Waals surface area contributed by atoms with Crippen molar-refractivity contribution in [1.82, 2.24) is 0 Å². The first-order chi connectivity index (χ1) is 6.75. The van der Waals surface area contributed by atoms with Crippen LogP contribution in [0.3, 0.4) is 0 Å². The highest BCUT2D eigenvalue weighted by Crippen LogP contribution is 2.24. The van der Waals surface area contributed by atoms with Crippen LogP contribution in [0, 0.1) is 5.92 Å². The van der Waals surface area contributed by atoms with E-state index in [1.807, 2.05) is 12.1 Å². The van der Waals surface area contributed by atoms with Crippen molar-refractivity contribution in [1.29, 1.82) is 0 Å². The standard InChI is InChI=1S/C12H16ClN/c1-10-5-7-14(8-6-10)12-4-2-3-11(13)9-12/h2-4,9-10H,5-8H2,1H3. The number of piperidine rings is 1. The van der Waals surface area contributed by atoms with Gasteiger partial charge < -0.3 is 4.90 Å². The van der Waals surface area contributed by atoms with Crippen molar-refractivity contribution in [3.63, 3.8) is 0 Å². The monoisotopic (exact) mass is 209 g/mol. The van der Waals surface area contributed by atoms with E-state index in [0.717, 1.165) is 10.9 Å². The second-order valence-corrected chi connectivity index (χ2v) is 4.59. The van der Waals surface area contributed by atoms with E-state index in [1.165, 1.54) is 31.6 Å². The summed E-state index contributed by atoms with van der Waals surface area (Å²) in [6.45, 7) is 4.67. The number of rotatable bonds is 1. The summed E-state index contributed by atoms with van der Waals surface area (Å²) in [5, 5.41) is 0.834. The van der Waals surface area contributed by atoms with Crippen molar-refractivity contribution in [2.24, 2.45) is 5.92 Å². The number of nitrogens with zero attached hydrogens (tertiary/aromatic N) is 1. The fourth-order valence-corrected chi connectivity index (χ4v) is 2.12. The van der Waals surface area contributed by atoms with Crippen molar-refractivity contribution in [3.8, 4) is 0 Å². The third-order valence-corrected chi connectivity index (χ3v) is 3.19. The molecule has 1 aromatic carbocycles. The average Bonchev–Trinajstić information content (AvgIpc) is 2.19. The zero-order valence-electron chi connectivity index (χ0n) is 8.54. The fraction of sp³-hybridized carbons (Fsp3) is 0.500. The number of anilines is 1. The zero-order valence-corrected chi connectivity index (χ0v) is 9.30. The second-order valence-electron chi connectivity index (χ2n) is 4.15. The van der Waals surface area contributed by atoms with Gasteiger partial charge in [0.15, 0.2) is 0 Å². The molecule has 0 spiro atoms.